The summed E-state index contributed by atoms with van der Waals surface area (Å²) in [6.07, 6.45) is 1.09. The Morgan fingerprint density at radius 2 is 1.64 bits per heavy atom. The van der Waals surface area contributed by atoms with Gasteiger partial charge in [0, 0.05) is 32.6 Å². The van der Waals surface area contributed by atoms with Gasteiger partial charge in [-0.25, -0.2) is 4.39 Å². The Morgan fingerprint density at radius 1 is 0.929 bits per heavy atom. The lowest BCUT2D eigenvalue weighted by Crippen LogP contribution is -2.49. The number of nitrogens with zero attached hydrogens (tertiary/aromatic N) is 4. The van der Waals surface area contributed by atoms with E-state index in [2.05, 4.69) is 15.1 Å². The average Bonchev–Trinajstić information content (AvgIpc) is 3.19. The normalized spacial score (nSPS) is 14.3. The van der Waals surface area contributed by atoms with Gasteiger partial charge in [-0.2, -0.15) is 0 Å². The summed E-state index contributed by atoms with van der Waals surface area (Å²) in [5.41, 5.74) is 2.06. The van der Waals surface area contributed by atoms with Crippen LogP contribution < -0.4 is 4.90 Å². The third kappa shape index (κ3) is 4.54. The third-order valence-electron chi connectivity index (χ3n) is 4.83. The molecule has 1 aliphatic heterocycles. The van der Waals surface area contributed by atoms with Gasteiger partial charge in [0.15, 0.2) is 0 Å². The van der Waals surface area contributed by atoms with E-state index >= 15 is 0 Å². The molecule has 0 bridgehead atoms. The van der Waals surface area contributed by atoms with Crippen molar-refractivity contribution in [3.63, 3.8) is 0 Å². The summed E-state index contributed by atoms with van der Waals surface area (Å²) in [5.74, 6) is -0.0681. The van der Waals surface area contributed by atoms with E-state index in [1.807, 2.05) is 35.2 Å². The number of amides is 1. The first-order chi connectivity index (χ1) is 13.7. The second-order valence-corrected chi connectivity index (χ2v) is 7.85. The minimum atomic E-state index is -0.235. The first-order valence-electron chi connectivity index (χ1n) is 9.31. The van der Waals surface area contributed by atoms with Gasteiger partial charge < -0.3 is 9.80 Å². The Kier molecular flexibility index (Phi) is 5.62. The molecular weight excluding hydrogens is 375 g/mol. The Bertz CT molecular complexity index is 921. The lowest BCUT2D eigenvalue weighted by Gasteiger charge is -2.34. The number of hydrogen-bond acceptors (Lipinski definition) is 5. The van der Waals surface area contributed by atoms with Crippen molar-refractivity contribution in [1.82, 2.24) is 15.1 Å². The standard InChI is InChI=1S/C21H21FN4OS/c22-18-8-6-17(7-9-18)14-19-23-24-21(28-19)26-12-10-25(11-13-26)20(27)15-16-4-2-1-3-5-16/h1-9H,10-15H2. The zero-order valence-electron chi connectivity index (χ0n) is 15.4. The van der Waals surface area contributed by atoms with Crippen molar-refractivity contribution in [2.75, 3.05) is 31.1 Å². The molecular formula is C21H21FN4OS. The van der Waals surface area contributed by atoms with Crippen molar-refractivity contribution in [2.45, 2.75) is 12.8 Å². The maximum atomic E-state index is 13.0. The molecule has 1 saturated heterocycles. The van der Waals surface area contributed by atoms with E-state index < -0.39 is 0 Å². The van der Waals surface area contributed by atoms with Crippen LogP contribution in [0.2, 0.25) is 0 Å². The zero-order chi connectivity index (χ0) is 19.3. The fourth-order valence-corrected chi connectivity index (χ4v) is 4.17. The van der Waals surface area contributed by atoms with Gasteiger partial charge >= 0.3 is 0 Å². The van der Waals surface area contributed by atoms with Crippen LogP contribution in [0.3, 0.4) is 0 Å². The number of hydrogen-bond donors (Lipinski definition) is 0. The van der Waals surface area contributed by atoms with Crippen LogP contribution in [0.4, 0.5) is 9.52 Å². The predicted octanol–water partition coefficient (Wildman–Crippen LogP) is 3.16. The number of halogens is 1. The molecule has 4 rings (SSSR count). The molecule has 1 aliphatic rings. The van der Waals surface area contributed by atoms with Gasteiger partial charge in [-0.05, 0) is 23.3 Å². The fourth-order valence-electron chi connectivity index (χ4n) is 3.25. The molecule has 1 fully saturated rings. The largest absolute Gasteiger partial charge is 0.343 e. The molecule has 1 aromatic heterocycles. The van der Waals surface area contributed by atoms with Gasteiger partial charge in [-0.15, -0.1) is 10.2 Å². The van der Waals surface area contributed by atoms with Crippen molar-refractivity contribution in [1.29, 1.82) is 0 Å². The van der Waals surface area contributed by atoms with Crippen LogP contribution in [-0.2, 0) is 17.6 Å². The van der Waals surface area contributed by atoms with Gasteiger partial charge in [0.1, 0.15) is 10.8 Å². The predicted molar refractivity (Wildman–Crippen MR) is 108 cm³/mol. The molecule has 0 atom stereocenters. The van der Waals surface area contributed by atoms with Crippen LogP contribution in [0.5, 0.6) is 0 Å². The summed E-state index contributed by atoms with van der Waals surface area (Å²) >= 11 is 1.56. The molecule has 28 heavy (non-hydrogen) atoms. The second kappa shape index (κ2) is 8.48. The van der Waals surface area contributed by atoms with Crippen LogP contribution >= 0.6 is 11.3 Å². The topological polar surface area (TPSA) is 49.3 Å². The molecule has 0 N–H and O–H groups in total. The summed E-state index contributed by atoms with van der Waals surface area (Å²) in [5, 5.41) is 10.4. The Labute approximate surface area is 167 Å². The van der Waals surface area contributed by atoms with Crippen LogP contribution in [0.15, 0.2) is 54.6 Å². The molecule has 1 amide bonds. The van der Waals surface area contributed by atoms with Gasteiger partial charge in [-0.3, -0.25) is 4.79 Å². The lowest BCUT2D eigenvalue weighted by molar-refractivity contribution is -0.130. The van der Waals surface area contributed by atoms with E-state index in [1.54, 1.807) is 23.5 Å². The van der Waals surface area contributed by atoms with Gasteiger partial charge in [-0.1, -0.05) is 53.8 Å². The van der Waals surface area contributed by atoms with E-state index in [-0.39, 0.29) is 11.7 Å². The molecule has 5 nitrogen and oxygen atoms in total. The highest BCUT2D eigenvalue weighted by atomic mass is 32.1. The van der Waals surface area contributed by atoms with E-state index in [4.69, 9.17) is 0 Å². The quantitative estimate of drug-likeness (QED) is 0.665. The molecule has 3 aromatic rings. The Balaban J connectivity index is 1.31. The Hall–Kier alpha value is -2.80. The highest BCUT2D eigenvalue weighted by molar-refractivity contribution is 7.15. The van der Waals surface area contributed by atoms with Gasteiger partial charge in [0.2, 0.25) is 11.0 Å². The monoisotopic (exact) mass is 396 g/mol. The van der Waals surface area contributed by atoms with E-state index in [0.717, 1.165) is 34.4 Å². The lowest BCUT2D eigenvalue weighted by atomic mass is 10.1. The molecule has 0 saturated carbocycles. The summed E-state index contributed by atoms with van der Waals surface area (Å²) in [4.78, 5) is 16.6. The molecule has 0 unspecified atom stereocenters. The SMILES string of the molecule is O=C(Cc1ccccc1)N1CCN(c2nnc(Cc3ccc(F)cc3)s2)CC1. The molecule has 0 radical (unpaired) electrons. The number of anilines is 1. The maximum absolute atomic E-state index is 13.0. The highest BCUT2D eigenvalue weighted by Crippen LogP contribution is 2.23. The molecule has 0 aliphatic carbocycles. The number of carbonyl (C=O) groups is 1. The van der Waals surface area contributed by atoms with E-state index in [1.165, 1.54) is 12.1 Å². The van der Waals surface area contributed by atoms with Crippen LogP contribution in [-0.4, -0.2) is 47.2 Å². The first kappa shape index (κ1) is 18.6. The molecule has 144 valence electrons. The summed E-state index contributed by atoms with van der Waals surface area (Å²) in [7, 11) is 0. The van der Waals surface area contributed by atoms with Crippen molar-refractivity contribution in [3.05, 3.63) is 76.5 Å². The van der Waals surface area contributed by atoms with Crippen molar-refractivity contribution >= 4 is 22.4 Å². The maximum Gasteiger partial charge on any atom is 0.227 e. The third-order valence-corrected chi connectivity index (χ3v) is 5.81. The first-order valence-corrected chi connectivity index (χ1v) is 10.1. The summed E-state index contributed by atoms with van der Waals surface area (Å²) in [6.45, 7) is 2.90. The van der Waals surface area contributed by atoms with E-state index in [0.29, 0.717) is 25.9 Å². The number of piperazine rings is 1. The van der Waals surface area contributed by atoms with Crippen LogP contribution in [0.25, 0.3) is 0 Å². The van der Waals surface area contributed by atoms with Gasteiger partial charge in [0.25, 0.3) is 0 Å². The number of benzene rings is 2. The Morgan fingerprint density at radius 3 is 2.36 bits per heavy atom. The fraction of sp³-hybridized carbons (Fsp3) is 0.286. The smallest absolute Gasteiger partial charge is 0.227 e. The molecule has 2 heterocycles. The minimum Gasteiger partial charge on any atom is -0.343 e. The van der Waals surface area contributed by atoms with Crippen LogP contribution in [0.1, 0.15) is 16.1 Å². The van der Waals surface area contributed by atoms with Crippen molar-refractivity contribution in [3.8, 4) is 0 Å². The number of carbonyl (C=O) groups excluding carboxylic acids is 1. The highest BCUT2D eigenvalue weighted by Gasteiger charge is 2.23. The minimum absolute atomic E-state index is 0.167. The summed E-state index contributed by atoms with van der Waals surface area (Å²) < 4.78 is 13.0. The van der Waals surface area contributed by atoms with Crippen molar-refractivity contribution in [2.24, 2.45) is 0 Å². The van der Waals surface area contributed by atoms with Gasteiger partial charge in [0.05, 0.1) is 6.42 Å². The van der Waals surface area contributed by atoms with Crippen LogP contribution in [0, 0.1) is 5.82 Å². The number of rotatable bonds is 5. The second-order valence-electron chi connectivity index (χ2n) is 6.81. The molecule has 7 heteroatoms. The summed E-state index contributed by atoms with van der Waals surface area (Å²) in [6, 6.07) is 16.3. The average molecular weight is 396 g/mol. The molecule has 2 aromatic carbocycles. The van der Waals surface area contributed by atoms with Crippen molar-refractivity contribution < 1.29 is 9.18 Å². The molecule has 0 spiro atoms. The zero-order valence-corrected chi connectivity index (χ0v) is 16.2. The number of aromatic nitrogens is 2. The van der Waals surface area contributed by atoms with E-state index in [9.17, 15) is 9.18 Å².